The van der Waals surface area contributed by atoms with Crippen molar-refractivity contribution in [2.45, 2.75) is 6.61 Å². The highest BCUT2D eigenvalue weighted by molar-refractivity contribution is 14.1. The van der Waals surface area contributed by atoms with Crippen LogP contribution in [0, 0.1) is 3.57 Å². The maximum atomic E-state index is 9.00. The monoisotopic (exact) mass is 328 g/mol. The fourth-order valence-corrected chi connectivity index (χ4v) is 1.61. The van der Waals surface area contributed by atoms with E-state index in [-0.39, 0.29) is 6.61 Å². The van der Waals surface area contributed by atoms with E-state index in [0.717, 1.165) is 9.13 Å². The molecule has 0 unspecified atom stereocenters. The molecule has 2 aromatic rings. The Bertz CT molecular complexity index is 491. The molecule has 1 aromatic heterocycles. The SMILES string of the molecule is OCc1cccc(Oc2ncncc2I)c1. The highest BCUT2D eigenvalue weighted by atomic mass is 127. The summed E-state index contributed by atoms with van der Waals surface area (Å²) >= 11 is 2.11. The lowest BCUT2D eigenvalue weighted by Gasteiger charge is -2.06. The number of nitrogens with zero attached hydrogens (tertiary/aromatic N) is 2. The quantitative estimate of drug-likeness (QED) is 0.879. The predicted molar refractivity (Wildman–Crippen MR) is 67.2 cm³/mol. The summed E-state index contributed by atoms with van der Waals surface area (Å²) in [4.78, 5) is 7.91. The molecular formula is C11H9IN2O2. The lowest BCUT2D eigenvalue weighted by Crippen LogP contribution is -1.92. The van der Waals surface area contributed by atoms with E-state index in [2.05, 4.69) is 32.6 Å². The molecule has 4 nitrogen and oxygen atoms in total. The van der Waals surface area contributed by atoms with Crippen molar-refractivity contribution in [2.75, 3.05) is 0 Å². The van der Waals surface area contributed by atoms with Crippen LogP contribution in [-0.2, 0) is 6.61 Å². The molecule has 0 atom stereocenters. The van der Waals surface area contributed by atoms with Crippen molar-refractivity contribution in [3.63, 3.8) is 0 Å². The zero-order valence-corrected chi connectivity index (χ0v) is 10.5. The second-order valence-electron chi connectivity index (χ2n) is 3.08. The molecule has 5 heteroatoms. The molecule has 0 bridgehead atoms. The first-order valence-corrected chi connectivity index (χ1v) is 5.70. The van der Waals surface area contributed by atoms with E-state index < -0.39 is 0 Å². The second kappa shape index (κ2) is 5.22. The smallest absolute Gasteiger partial charge is 0.235 e. The van der Waals surface area contributed by atoms with Gasteiger partial charge in [-0.2, -0.15) is 0 Å². The molecule has 1 N–H and O–H groups in total. The molecule has 2 rings (SSSR count). The van der Waals surface area contributed by atoms with Crippen LogP contribution in [0.2, 0.25) is 0 Å². The summed E-state index contributed by atoms with van der Waals surface area (Å²) in [5.74, 6) is 1.17. The molecule has 0 radical (unpaired) electrons. The Morgan fingerprint density at radius 2 is 2.25 bits per heavy atom. The molecule has 0 saturated carbocycles. The molecule has 0 aliphatic carbocycles. The molecule has 0 aliphatic heterocycles. The summed E-state index contributed by atoms with van der Waals surface area (Å²) in [5, 5.41) is 9.00. The van der Waals surface area contributed by atoms with Gasteiger partial charge in [-0.1, -0.05) is 12.1 Å². The first-order chi connectivity index (χ1) is 7.79. The van der Waals surface area contributed by atoms with Crippen LogP contribution in [0.4, 0.5) is 0 Å². The Balaban J connectivity index is 2.24. The molecule has 0 aliphatic rings. The third-order valence-electron chi connectivity index (χ3n) is 1.93. The van der Waals surface area contributed by atoms with Gasteiger partial charge in [0.25, 0.3) is 0 Å². The van der Waals surface area contributed by atoms with Gasteiger partial charge in [0.05, 0.1) is 10.2 Å². The number of rotatable bonds is 3. The standard InChI is InChI=1S/C11H9IN2O2/c12-10-5-13-7-14-11(10)16-9-3-1-2-8(4-9)6-15/h1-5,7,15H,6H2. The van der Waals surface area contributed by atoms with Gasteiger partial charge in [0.2, 0.25) is 5.88 Å². The summed E-state index contributed by atoms with van der Waals surface area (Å²) in [7, 11) is 0. The van der Waals surface area contributed by atoms with Gasteiger partial charge in [-0.05, 0) is 40.3 Å². The maximum Gasteiger partial charge on any atom is 0.235 e. The maximum absolute atomic E-state index is 9.00. The van der Waals surface area contributed by atoms with Crippen LogP contribution in [0.25, 0.3) is 0 Å². The number of aromatic nitrogens is 2. The van der Waals surface area contributed by atoms with Gasteiger partial charge in [0.1, 0.15) is 12.1 Å². The topological polar surface area (TPSA) is 55.2 Å². The lowest BCUT2D eigenvalue weighted by atomic mass is 10.2. The third-order valence-corrected chi connectivity index (χ3v) is 2.67. The summed E-state index contributed by atoms with van der Waals surface area (Å²) < 4.78 is 6.42. The van der Waals surface area contributed by atoms with E-state index in [1.54, 1.807) is 12.3 Å². The Kier molecular flexibility index (Phi) is 3.68. The first kappa shape index (κ1) is 11.3. The number of hydrogen-bond donors (Lipinski definition) is 1. The number of hydrogen-bond acceptors (Lipinski definition) is 4. The van der Waals surface area contributed by atoms with Crippen molar-refractivity contribution < 1.29 is 9.84 Å². The normalized spacial score (nSPS) is 10.1. The van der Waals surface area contributed by atoms with E-state index >= 15 is 0 Å². The highest BCUT2D eigenvalue weighted by Gasteiger charge is 2.03. The highest BCUT2D eigenvalue weighted by Crippen LogP contribution is 2.23. The van der Waals surface area contributed by atoms with Gasteiger partial charge < -0.3 is 9.84 Å². The van der Waals surface area contributed by atoms with Crippen molar-refractivity contribution >= 4 is 22.6 Å². The Hall–Kier alpha value is -1.21. The number of ether oxygens (including phenoxy) is 1. The van der Waals surface area contributed by atoms with Gasteiger partial charge >= 0.3 is 0 Å². The second-order valence-corrected chi connectivity index (χ2v) is 4.25. The van der Waals surface area contributed by atoms with Crippen LogP contribution >= 0.6 is 22.6 Å². The van der Waals surface area contributed by atoms with Crippen LogP contribution in [-0.4, -0.2) is 15.1 Å². The fourth-order valence-electron chi connectivity index (χ4n) is 1.20. The van der Waals surface area contributed by atoms with E-state index in [4.69, 9.17) is 9.84 Å². The molecule has 0 spiro atoms. The van der Waals surface area contributed by atoms with Gasteiger partial charge in [-0.3, -0.25) is 0 Å². The minimum Gasteiger partial charge on any atom is -0.438 e. The number of halogens is 1. The molecule has 16 heavy (non-hydrogen) atoms. The summed E-state index contributed by atoms with van der Waals surface area (Å²) in [6.07, 6.45) is 3.12. The first-order valence-electron chi connectivity index (χ1n) is 4.63. The molecule has 0 amide bonds. The average molecular weight is 328 g/mol. The largest absolute Gasteiger partial charge is 0.438 e. The van der Waals surface area contributed by atoms with Crippen molar-refractivity contribution in [3.05, 3.63) is 45.9 Å². The minimum atomic E-state index is -0.00192. The Morgan fingerprint density at radius 3 is 3.00 bits per heavy atom. The van der Waals surface area contributed by atoms with Crippen LogP contribution in [0.3, 0.4) is 0 Å². The summed E-state index contributed by atoms with van der Waals surface area (Å²) in [6, 6.07) is 7.25. The fraction of sp³-hybridized carbons (Fsp3) is 0.0909. The van der Waals surface area contributed by atoms with E-state index in [9.17, 15) is 0 Å². The van der Waals surface area contributed by atoms with E-state index in [1.165, 1.54) is 6.33 Å². The molecular weight excluding hydrogens is 319 g/mol. The Labute approximate surface area is 106 Å². The van der Waals surface area contributed by atoms with E-state index in [1.807, 2.05) is 18.2 Å². The number of aliphatic hydroxyl groups is 1. The van der Waals surface area contributed by atoms with Crippen LogP contribution < -0.4 is 4.74 Å². The van der Waals surface area contributed by atoms with Gasteiger partial charge in [0.15, 0.2) is 0 Å². The zero-order chi connectivity index (χ0) is 11.4. The summed E-state index contributed by atoms with van der Waals surface area (Å²) in [6.45, 7) is -0.00192. The van der Waals surface area contributed by atoms with Gasteiger partial charge in [0, 0.05) is 6.20 Å². The third kappa shape index (κ3) is 2.67. The molecule has 1 heterocycles. The minimum absolute atomic E-state index is 0.00192. The van der Waals surface area contributed by atoms with Crippen LogP contribution in [0.1, 0.15) is 5.56 Å². The summed E-state index contributed by atoms with van der Waals surface area (Å²) in [5.41, 5.74) is 0.807. The molecule has 82 valence electrons. The van der Waals surface area contributed by atoms with Crippen molar-refractivity contribution in [1.29, 1.82) is 0 Å². The van der Waals surface area contributed by atoms with Gasteiger partial charge in [-0.25, -0.2) is 9.97 Å². The van der Waals surface area contributed by atoms with Gasteiger partial charge in [-0.15, -0.1) is 0 Å². The predicted octanol–water partition coefficient (Wildman–Crippen LogP) is 2.37. The molecule has 1 aromatic carbocycles. The van der Waals surface area contributed by atoms with Crippen molar-refractivity contribution in [1.82, 2.24) is 9.97 Å². The van der Waals surface area contributed by atoms with Crippen LogP contribution in [0.15, 0.2) is 36.8 Å². The lowest BCUT2D eigenvalue weighted by molar-refractivity contribution is 0.281. The molecule has 0 fully saturated rings. The zero-order valence-electron chi connectivity index (χ0n) is 8.30. The van der Waals surface area contributed by atoms with Crippen molar-refractivity contribution in [3.8, 4) is 11.6 Å². The van der Waals surface area contributed by atoms with Crippen LogP contribution in [0.5, 0.6) is 11.6 Å². The average Bonchev–Trinajstić information content (AvgIpc) is 2.32. The Morgan fingerprint density at radius 1 is 1.38 bits per heavy atom. The van der Waals surface area contributed by atoms with E-state index in [0.29, 0.717) is 11.6 Å². The number of aliphatic hydroxyl groups excluding tert-OH is 1. The molecule has 0 saturated heterocycles. The van der Waals surface area contributed by atoms with Crippen molar-refractivity contribution in [2.24, 2.45) is 0 Å². The number of benzene rings is 1.